The van der Waals surface area contributed by atoms with Gasteiger partial charge in [-0.25, -0.2) is 0 Å². The molecule has 1 aliphatic rings. The average molecular weight is 308 g/mol. The predicted molar refractivity (Wildman–Crippen MR) is 81.8 cm³/mol. The zero-order valence-corrected chi connectivity index (χ0v) is 12.5. The van der Waals surface area contributed by atoms with Crippen molar-refractivity contribution >= 4 is 46.2 Å². The van der Waals surface area contributed by atoms with Crippen molar-refractivity contribution in [1.82, 2.24) is 10.4 Å². The van der Waals surface area contributed by atoms with Gasteiger partial charge in [0.1, 0.15) is 5.75 Å². The Bertz CT molecular complexity index is 596. The monoisotopic (exact) mass is 308 g/mol. The number of benzene rings is 1. The summed E-state index contributed by atoms with van der Waals surface area (Å²) in [5.41, 5.74) is 3.25. The lowest BCUT2D eigenvalue weighted by atomic mass is 10.2. The van der Waals surface area contributed by atoms with Crippen LogP contribution in [0.1, 0.15) is 12.5 Å². The standard InChI is InChI=1S/C13H12N2O3S2/c1-8(16)14-15-12(17)11(20-13(15)19)7-9-3-5-10(18-2)6-4-9/h3-7H,1-2H3,(H,14,16). The highest BCUT2D eigenvalue weighted by Gasteiger charge is 2.32. The number of ether oxygens (including phenoxy) is 1. The first-order valence-electron chi connectivity index (χ1n) is 5.70. The van der Waals surface area contributed by atoms with E-state index in [1.807, 2.05) is 12.1 Å². The van der Waals surface area contributed by atoms with Crippen molar-refractivity contribution in [2.45, 2.75) is 6.92 Å². The van der Waals surface area contributed by atoms with Crippen molar-refractivity contribution in [3.05, 3.63) is 34.7 Å². The lowest BCUT2D eigenvalue weighted by Crippen LogP contribution is -2.43. The van der Waals surface area contributed by atoms with Crippen LogP contribution in [0, 0.1) is 0 Å². The number of rotatable bonds is 3. The number of carbonyl (C=O) groups excluding carboxylic acids is 2. The van der Waals surface area contributed by atoms with E-state index in [1.54, 1.807) is 25.3 Å². The molecule has 0 bridgehead atoms. The summed E-state index contributed by atoms with van der Waals surface area (Å²) >= 11 is 6.21. The number of amides is 2. The fourth-order valence-corrected chi connectivity index (χ4v) is 2.75. The molecule has 2 amide bonds. The molecule has 1 heterocycles. The lowest BCUT2D eigenvalue weighted by molar-refractivity contribution is -0.131. The molecular weight excluding hydrogens is 296 g/mol. The first kappa shape index (κ1) is 14.5. The van der Waals surface area contributed by atoms with E-state index in [9.17, 15) is 9.59 Å². The van der Waals surface area contributed by atoms with Crippen LogP contribution in [-0.4, -0.2) is 28.3 Å². The number of nitrogens with one attached hydrogen (secondary N) is 1. The zero-order valence-electron chi connectivity index (χ0n) is 10.9. The molecule has 1 N–H and O–H groups in total. The number of methoxy groups -OCH3 is 1. The highest BCUT2D eigenvalue weighted by molar-refractivity contribution is 8.26. The Morgan fingerprint density at radius 2 is 2.05 bits per heavy atom. The summed E-state index contributed by atoms with van der Waals surface area (Å²) in [6.07, 6.45) is 1.72. The van der Waals surface area contributed by atoms with E-state index in [2.05, 4.69) is 5.43 Å². The first-order valence-corrected chi connectivity index (χ1v) is 6.93. The van der Waals surface area contributed by atoms with Gasteiger partial charge in [-0.05, 0) is 36.0 Å². The van der Waals surface area contributed by atoms with Crippen LogP contribution in [0.2, 0.25) is 0 Å². The van der Waals surface area contributed by atoms with Crippen LogP contribution >= 0.6 is 24.0 Å². The molecule has 1 aliphatic heterocycles. The largest absolute Gasteiger partial charge is 0.497 e. The van der Waals surface area contributed by atoms with Gasteiger partial charge in [0, 0.05) is 6.92 Å². The van der Waals surface area contributed by atoms with Gasteiger partial charge in [0.25, 0.3) is 5.91 Å². The number of thioether (sulfide) groups is 1. The molecule has 0 atom stereocenters. The number of hydrogen-bond donors (Lipinski definition) is 1. The maximum absolute atomic E-state index is 12.1. The summed E-state index contributed by atoms with van der Waals surface area (Å²) in [4.78, 5) is 23.6. The Balaban J connectivity index is 2.20. The summed E-state index contributed by atoms with van der Waals surface area (Å²) in [5.74, 6) is 0.0750. The van der Waals surface area contributed by atoms with Gasteiger partial charge in [0.15, 0.2) is 4.32 Å². The van der Waals surface area contributed by atoms with E-state index in [1.165, 1.54) is 6.92 Å². The van der Waals surface area contributed by atoms with Crippen molar-refractivity contribution in [1.29, 1.82) is 0 Å². The Morgan fingerprint density at radius 3 is 2.60 bits per heavy atom. The van der Waals surface area contributed by atoms with Crippen LogP contribution in [-0.2, 0) is 9.59 Å². The van der Waals surface area contributed by atoms with Gasteiger partial charge in [-0.3, -0.25) is 15.0 Å². The van der Waals surface area contributed by atoms with E-state index in [-0.39, 0.29) is 11.8 Å². The SMILES string of the molecule is COc1ccc(C=C2SC(=S)N(NC(C)=O)C2=O)cc1. The Labute approximate surface area is 125 Å². The average Bonchev–Trinajstić information content (AvgIpc) is 2.67. The van der Waals surface area contributed by atoms with Crippen LogP contribution in [0.15, 0.2) is 29.2 Å². The number of thiocarbonyl (C=S) groups is 1. The van der Waals surface area contributed by atoms with Crippen LogP contribution in [0.3, 0.4) is 0 Å². The maximum atomic E-state index is 12.1. The van der Waals surface area contributed by atoms with E-state index >= 15 is 0 Å². The Kier molecular flexibility index (Phi) is 4.41. The van der Waals surface area contributed by atoms with Crippen LogP contribution in [0.5, 0.6) is 5.75 Å². The molecule has 104 valence electrons. The smallest absolute Gasteiger partial charge is 0.285 e. The lowest BCUT2D eigenvalue weighted by Gasteiger charge is -2.13. The molecule has 1 saturated heterocycles. The number of hydrazine groups is 1. The minimum absolute atomic E-state index is 0.310. The summed E-state index contributed by atoms with van der Waals surface area (Å²) in [6, 6.07) is 7.29. The normalized spacial score (nSPS) is 16.7. The number of nitrogens with zero attached hydrogens (tertiary/aromatic N) is 1. The van der Waals surface area contributed by atoms with E-state index in [0.717, 1.165) is 28.1 Å². The summed E-state index contributed by atoms with van der Waals surface area (Å²) < 4.78 is 5.38. The minimum Gasteiger partial charge on any atom is -0.497 e. The molecular formula is C13H12N2O3S2. The Hall–Kier alpha value is -1.86. The van der Waals surface area contributed by atoms with Gasteiger partial charge in [-0.15, -0.1) is 0 Å². The van der Waals surface area contributed by atoms with Crippen molar-refractivity contribution in [3.8, 4) is 5.75 Å². The fourth-order valence-electron chi connectivity index (χ4n) is 1.57. The van der Waals surface area contributed by atoms with Gasteiger partial charge in [-0.2, -0.15) is 5.01 Å². The van der Waals surface area contributed by atoms with Crippen LogP contribution in [0.4, 0.5) is 0 Å². The van der Waals surface area contributed by atoms with Crippen molar-refractivity contribution in [3.63, 3.8) is 0 Å². The molecule has 0 aromatic heterocycles. The molecule has 1 aromatic carbocycles. The number of carbonyl (C=O) groups is 2. The van der Waals surface area contributed by atoms with Crippen molar-refractivity contribution < 1.29 is 14.3 Å². The second kappa shape index (κ2) is 6.06. The quantitative estimate of drug-likeness (QED) is 0.683. The van der Waals surface area contributed by atoms with Crippen molar-refractivity contribution in [2.75, 3.05) is 7.11 Å². The summed E-state index contributed by atoms with van der Waals surface area (Å²) in [7, 11) is 1.59. The Morgan fingerprint density at radius 1 is 1.40 bits per heavy atom. The molecule has 7 heteroatoms. The number of hydrogen-bond acceptors (Lipinski definition) is 5. The van der Waals surface area contributed by atoms with Crippen LogP contribution in [0.25, 0.3) is 6.08 Å². The second-order valence-electron chi connectivity index (χ2n) is 3.96. The van der Waals surface area contributed by atoms with Gasteiger partial charge >= 0.3 is 0 Å². The molecule has 0 aliphatic carbocycles. The van der Waals surface area contributed by atoms with Crippen molar-refractivity contribution in [2.24, 2.45) is 0 Å². The van der Waals surface area contributed by atoms with E-state index in [4.69, 9.17) is 17.0 Å². The van der Waals surface area contributed by atoms with Gasteiger partial charge in [0.2, 0.25) is 5.91 Å². The van der Waals surface area contributed by atoms with E-state index < -0.39 is 0 Å². The van der Waals surface area contributed by atoms with Gasteiger partial charge in [0.05, 0.1) is 12.0 Å². The van der Waals surface area contributed by atoms with Gasteiger partial charge in [-0.1, -0.05) is 23.9 Å². The van der Waals surface area contributed by atoms with Gasteiger partial charge < -0.3 is 4.74 Å². The topological polar surface area (TPSA) is 58.6 Å². The summed E-state index contributed by atoms with van der Waals surface area (Å²) in [5, 5.41) is 1.08. The molecule has 20 heavy (non-hydrogen) atoms. The minimum atomic E-state index is -0.341. The third-order valence-electron chi connectivity index (χ3n) is 2.48. The van der Waals surface area contributed by atoms with E-state index in [0.29, 0.717) is 9.23 Å². The predicted octanol–water partition coefficient (Wildman–Crippen LogP) is 1.95. The molecule has 0 unspecified atom stereocenters. The molecule has 0 spiro atoms. The fraction of sp³-hybridized carbons (Fsp3) is 0.154. The van der Waals surface area contributed by atoms with Crippen LogP contribution < -0.4 is 10.2 Å². The molecule has 2 rings (SSSR count). The third kappa shape index (κ3) is 3.17. The third-order valence-corrected chi connectivity index (χ3v) is 3.78. The molecule has 1 fully saturated rings. The first-order chi connectivity index (χ1) is 9.51. The maximum Gasteiger partial charge on any atom is 0.285 e. The zero-order chi connectivity index (χ0) is 14.7. The molecule has 0 radical (unpaired) electrons. The highest BCUT2D eigenvalue weighted by atomic mass is 32.2. The highest BCUT2D eigenvalue weighted by Crippen LogP contribution is 2.31. The summed E-state index contributed by atoms with van der Waals surface area (Å²) in [6.45, 7) is 1.33. The molecule has 1 aromatic rings. The second-order valence-corrected chi connectivity index (χ2v) is 5.63. The molecule has 5 nitrogen and oxygen atoms in total. The molecule has 0 saturated carbocycles.